The van der Waals surface area contributed by atoms with Crippen molar-refractivity contribution in [1.82, 2.24) is 25.1 Å². The molecule has 0 amide bonds. The Kier molecular flexibility index (Phi) is 3.08. The summed E-state index contributed by atoms with van der Waals surface area (Å²) in [5, 5.41) is 17.8. The highest BCUT2D eigenvalue weighted by atomic mass is 32.1. The van der Waals surface area contributed by atoms with Crippen LogP contribution in [0.5, 0.6) is 5.75 Å². The predicted molar refractivity (Wildman–Crippen MR) is 80.6 cm³/mol. The van der Waals surface area contributed by atoms with E-state index in [0.717, 1.165) is 40.1 Å². The highest BCUT2D eigenvalue weighted by Crippen LogP contribution is 2.32. The van der Waals surface area contributed by atoms with E-state index in [2.05, 4.69) is 15.5 Å². The number of methoxy groups -OCH3 is 1. The molecule has 0 bridgehead atoms. The van der Waals surface area contributed by atoms with E-state index in [-0.39, 0.29) is 0 Å². The van der Waals surface area contributed by atoms with Gasteiger partial charge in [-0.2, -0.15) is 9.61 Å². The van der Waals surface area contributed by atoms with Gasteiger partial charge in [0.2, 0.25) is 4.96 Å². The van der Waals surface area contributed by atoms with E-state index < -0.39 is 0 Å². The minimum absolute atomic E-state index is 0.349. The zero-order valence-electron chi connectivity index (χ0n) is 11.6. The van der Waals surface area contributed by atoms with Crippen LogP contribution < -0.4 is 10.1 Å². The van der Waals surface area contributed by atoms with E-state index in [1.807, 2.05) is 28.8 Å². The number of nitrogens with one attached hydrogen (secondary N) is 1. The van der Waals surface area contributed by atoms with Crippen molar-refractivity contribution in [3.05, 3.63) is 29.3 Å². The van der Waals surface area contributed by atoms with Gasteiger partial charge in [0.05, 0.1) is 18.7 Å². The summed E-state index contributed by atoms with van der Waals surface area (Å²) in [5.41, 5.74) is 0.906. The van der Waals surface area contributed by atoms with Crippen LogP contribution >= 0.6 is 11.3 Å². The third-order valence-corrected chi connectivity index (χ3v) is 4.73. The molecule has 1 aromatic carbocycles. The number of rotatable bonds is 3. The maximum atomic E-state index is 5.41. The minimum Gasteiger partial charge on any atom is -0.496 e. The second kappa shape index (κ2) is 5.09. The molecule has 0 saturated carbocycles. The van der Waals surface area contributed by atoms with Gasteiger partial charge in [0.15, 0.2) is 5.82 Å². The predicted octanol–water partition coefficient (Wildman–Crippen LogP) is 2.29. The third kappa shape index (κ3) is 2.09. The van der Waals surface area contributed by atoms with Crippen molar-refractivity contribution in [1.29, 1.82) is 0 Å². The van der Waals surface area contributed by atoms with Gasteiger partial charge in [0, 0.05) is 0 Å². The summed E-state index contributed by atoms with van der Waals surface area (Å²) in [6.07, 6.45) is 2.33. The molecule has 108 valence electrons. The lowest BCUT2D eigenvalue weighted by molar-refractivity contribution is 0.416. The number of benzene rings is 1. The smallest absolute Gasteiger partial charge is 0.235 e. The number of aromatic nitrogens is 4. The lowest BCUT2D eigenvalue weighted by Crippen LogP contribution is -2.12. The molecule has 2 aromatic heterocycles. The topological polar surface area (TPSA) is 64.3 Å². The first-order valence-electron chi connectivity index (χ1n) is 6.96. The Hall–Kier alpha value is -1.99. The van der Waals surface area contributed by atoms with Crippen molar-refractivity contribution < 1.29 is 4.74 Å². The molecular formula is C14H15N5OS. The van der Waals surface area contributed by atoms with Gasteiger partial charge in [-0.1, -0.05) is 23.5 Å². The molecule has 3 aromatic rings. The van der Waals surface area contributed by atoms with E-state index in [1.165, 1.54) is 6.42 Å². The molecule has 1 atom stereocenters. The molecule has 3 heterocycles. The quantitative estimate of drug-likeness (QED) is 0.804. The summed E-state index contributed by atoms with van der Waals surface area (Å²) < 4.78 is 7.22. The van der Waals surface area contributed by atoms with Crippen LogP contribution in [0.25, 0.3) is 16.3 Å². The van der Waals surface area contributed by atoms with Crippen LogP contribution in [0.1, 0.15) is 23.9 Å². The van der Waals surface area contributed by atoms with Gasteiger partial charge in [0.25, 0.3) is 0 Å². The fourth-order valence-corrected chi connectivity index (χ4v) is 3.61. The number of fused-ring (bicyclic) bond motifs is 1. The molecule has 0 spiro atoms. The first-order valence-corrected chi connectivity index (χ1v) is 7.77. The van der Waals surface area contributed by atoms with Crippen molar-refractivity contribution in [2.45, 2.75) is 18.9 Å². The zero-order valence-corrected chi connectivity index (χ0v) is 12.4. The normalized spacial score (nSPS) is 18.4. The Balaban J connectivity index is 1.82. The average molecular weight is 301 g/mol. The maximum absolute atomic E-state index is 5.41. The SMILES string of the molecule is COc1ccccc1-c1nnc2sc([C@@H]3CCCN3)nn12. The molecule has 7 heteroatoms. The zero-order chi connectivity index (χ0) is 14.2. The maximum Gasteiger partial charge on any atom is 0.235 e. The molecule has 0 unspecified atom stereocenters. The summed E-state index contributed by atoms with van der Waals surface area (Å²) in [7, 11) is 1.66. The summed E-state index contributed by atoms with van der Waals surface area (Å²) in [5.74, 6) is 1.50. The lowest BCUT2D eigenvalue weighted by Gasteiger charge is -2.05. The summed E-state index contributed by atoms with van der Waals surface area (Å²) in [4.78, 5) is 0.819. The van der Waals surface area contributed by atoms with Crippen molar-refractivity contribution in [3.63, 3.8) is 0 Å². The monoisotopic (exact) mass is 301 g/mol. The molecule has 0 radical (unpaired) electrons. The van der Waals surface area contributed by atoms with Gasteiger partial charge in [0.1, 0.15) is 10.8 Å². The van der Waals surface area contributed by atoms with E-state index in [0.29, 0.717) is 6.04 Å². The summed E-state index contributed by atoms with van der Waals surface area (Å²) >= 11 is 1.60. The van der Waals surface area contributed by atoms with Crippen LogP contribution in [0, 0.1) is 0 Å². The largest absolute Gasteiger partial charge is 0.496 e. The van der Waals surface area contributed by atoms with Crippen LogP contribution in [-0.4, -0.2) is 33.5 Å². The summed E-state index contributed by atoms with van der Waals surface area (Å²) in [6.45, 7) is 1.06. The van der Waals surface area contributed by atoms with Crippen LogP contribution in [-0.2, 0) is 0 Å². The van der Waals surface area contributed by atoms with Crippen molar-refractivity contribution in [2.24, 2.45) is 0 Å². The van der Waals surface area contributed by atoms with Gasteiger partial charge in [-0.3, -0.25) is 0 Å². The highest BCUT2D eigenvalue weighted by molar-refractivity contribution is 7.16. The highest BCUT2D eigenvalue weighted by Gasteiger charge is 2.23. The average Bonchev–Trinajstić information content (AvgIpc) is 3.22. The Morgan fingerprint density at radius 2 is 2.24 bits per heavy atom. The molecule has 4 rings (SSSR count). The second-order valence-electron chi connectivity index (χ2n) is 5.01. The summed E-state index contributed by atoms with van der Waals surface area (Å²) in [6, 6.07) is 8.15. The van der Waals surface area contributed by atoms with Crippen LogP contribution in [0.3, 0.4) is 0 Å². The van der Waals surface area contributed by atoms with E-state index in [1.54, 1.807) is 18.4 Å². The fraction of sp³-hybridized carbons (Fsp3) is 0.357. The van der Waals surface area contributed by atoms with Gasteiger partial charge >= 0.3 is 0 Å². The molecule has 6 nitrogen and oxygen atoms in total. The molecule has 1 saturated heterocycles. The molecule has 1 fully saturated rings. The van der Waals surface area contributed by atoms with Crippen LogP contribution in [0.15, 0.2) is 24.3 Å². The Bertz CT molecular complexity index is 775. The van der Waals surface area contributed by atoms with Crippen LogP contribution in [0.2, 0.25) is 0 Å². The third-order valence-electron chi connectivity index (χ3n) is 3.71. The standard InChI is InChI=1S/C14H15N5OS/c1-20-11-7-3-2-5-9(11)12-16-17-14-19(12)18-13(21-14)10-6-4-8-15-10/h2-3,5,7,10,15H,4,6,8H2,1H3/t10-/m0/s1. The number of hydrogen-bond acceptors (Lipinski definition) is 6. The van der Waals surface area contributed by atoms with Crippen molar-refractivity contribution in [2.75, 3.05) is 13.7 Å². The Morgan fingerprint density at radius 3 is 3.05 bits per heavy atom. The number of ether oxygens (including phenoxy) is 1. The molecule has 1 aliphatic rings. The van der Waals surface area contributed by atoms with Gasteiger partial charge in [-0.25, -0.2) is 0 Å². The molecular weight excluding hydrogens is 286 g/mol. The molecule has 1 N–H and O–H groups in total. The fourth-order valence-electron chi connectivity index (χ4n) is 2.67. The van der Waals surface area contributed by atoms with E-state index in [9.17, 15) is 0 Å². The molecule has 21 heavy (non-hydrogen) atoms. The first kappa shape index (κ1) is 12.7. The Labute approximate surface area is 125 Å². The van der Waals surface area contributed by atoms with Gasteiger partial charge < -0.3 is 10.1 Å². The van der Waals surface area contributed by atoms with Crippen LogP contribution in [0.4, 0.5) is 0 Å². The van der Waals surface area contributed by atoms with Crippen molar-refractivity contribution in [3.8, 4) is 17.1 Å². The number of hydrogen-bond donors (Lipinski definition) is 1. The van der Waals surface area contributed by atoms with Gasteiger partial charge in [-0.05, 0) is 31.5 Å². The Morgan fingerprint density at radius 1 is 1.33 bits per heavy atom. The van der Waals surface area contributed by atoms with Gasteiger partial charge in [-0.15, -0.1) is 10.2 Å². The number of para-hydroxylation sites is 1. The van der Waals surface area contributed by atoms with E-state index in [4.69, 9.17) is 9.84 Å². The lowest BCUT2D eigenvalue weighted by atomic mass is 10.2. The number of nitrogens with zero attached hydrogens (tertiary/aromatic N) is 4. The molecule has 0 aliphatic carbocycles. The first-order chi connectivity index (χ1) is 10.4. The minimum atomic E-state index is 0.349. The van der Waals surface area contributed by atoms with Crippen molar-refractivity contribution >= 4 is 16.3 Å². The molecule has 1 aliphatic heterocycles. The van der Waals surface area contributed by atoms with E-state index >= 15 is 0 Å². The second-order valence-corrected chi connectivity index (χ2v) is 6.00.